The zero-order valence-electron chi connectivity index (χ0n) is 11.7. The molecule has 1 unspecified atom stereocenters. The van der Waals surface area contributed by atoms with Crippen molar-refractivity contribution >= 4 is 5.91 Å². The van der Waals surface area contributed by atoms with Crippen LogP contribution in [0.3, 0.4) is 0 Å². The Morgan fingerprint density at radius 3 is 2.37 bits per heavy atom. The first-order valence-electron chi connectivity index (χ1n) is 6.24. The molecule has 1 amide bonds. The number of benzene rings is 1. The summed E-state index contributed by atoms with van der Waals surface area (Å²) in [6.07, 6.45) is -0.147. The molecule has 0 aromatic heterocycles. The largest absolute Gasteiger partial charge is 0.354 e. The number of carbonyl (C=O) groups is 1. The summed E-state index contributed by atoms with van der Waals surface area (Å²) in [5.74, 6) is -0.0764. The molecule has 0 saturated carbocycles. The van der Waals surface area contributed by atoms with E-state index in [-0.39, 0.29) is 11.9 Å². The van der Waals surface area contributed by atoms with E-state index in [2.05, 4.69) is 5.32 Å². The minimum absolute atomic E-state index is 0.0764. The van der Waals surface area contributed by atoms with Gasteiger partial charge in [0.1, 0.15) is 0 Å². The van der Waals surface area contributed by atoms with Gasteiger partial charge in [0, 0.05) is 20.8 Å². The summed E-state index contributed by atoms with van der Waals surface area (Å²) in [4.78, 5) is 12.0. The maximum Gasteiger partial charge on any atom is 0.224 e. The molecule has 0 aliphatic heterocycles. The van der Waals surface area contributed by atoms with Gasteiger partial charge in [-0.2, -0.15) is 0 Å². The lowest BCUT2D eigenvalue weighted by molar-refractivity contribution is -0.135. The van der Waals surface area contributed by atoms with Gasteiger partial charge < -0.3 is 20.5 Å². The second-order valence-corrected chi connectivity index (χ2v) is 4.35. The van der Waals surface area contributed by atoms with Crippen LogP contribution in [0.1, 0.15) is 18.1 Å². The molecule has 3 N–H and O–H groups in total. The lowest BCUT2D eigenvalue weighted by atomic mass is 10.0. The van der Waals surface area contributed by atoms with Crippen LogP contribution in [0, 0.1) is 0 Å². The molecular formula is C14H22N2O3. The topological polar surface area (TPSA) is 73.6 Å². The second kappa shape index (κ2) is 7.89. The standard InChI is InChI=1S/C14H22N2O3/c1-10(14(18-2)19-3)16-13(17)8-11-6-4-5-7-12(11)9-15/h4-7,10,14H,8-9,15H2,1-3H3,(H,16,17). The molecule has 0 aliphatic rings. The van der Waals surface area contributed by atoms with Crippen LogP contribution in [-0.2, 0) is 27.2 Å². The Labute approximate surface area is 114 Å². The van der Waals surface area contributed by atoms with Crippen molar-refractivity contribution in [1.82, 2.24) is 5.32 Å². The lowest BCUT2D eigenvalue weighted by Crippen LogP contribution is -2.43. The highest BCUT2D eigenvalue weighted by atomic mass is 16.7. The first-order valence-corrected chi connectivity index (χ1v) is 6.24. The molecule has 19 heavy (non-hydrogen) atoms. The number of hydrogen-bond acceptors (Lipinski definition) is 4. The first-order chi connectivity index (χ1) is 9.12. The van der Waals surface area contributed by atoms with Gasteiger partial charge in [0.2, 0.25) is 5.91 Å². The van der Waals surface area contributed by atoms with E-state index in [0.717, 1.165) is 11.1 Å². The van der Waals surface area contributed by atoms with Crippen molar-refractivity contribution in [2.75, 3.05) is 14.2 Å². The number of methoxy groups -OCH3 is 2. The zero-order valence-corrected chi connectivity index (χ0v) is 11.7. The van der Waals surface area contributed by atoms with Gasteiger partial charge in [-0.25, -0.2) is 0 Å². The molecule has 0 spiro atoms. The number of amides is 1. The van der Waals surface area contributed by atoms with Gasteiger partial charge in [-0.1, -0.05) is 24.3 Å². The van der Waals surface area contributed by atoms with Crippen molar-refractivity contribution in [3.05, 3.63) is 35.4 Å². The Kier molecular flexibility index (Phi) is 6.49. The molecule has 0 heterocycles. The highest BCUT2D eigenvalue weighted by molar-refractivity contribution is 5.79. The molecule has 0 fully saturated rings. The summed E-state index contributed by atoms with van der Waals surface area (Å²) in [6, 6.07) is 7.44. The average Bonchev–Trinajstić information content (AvgIpc) is 2.40. The summed E-state index contributed by atoms with van der Waals surface area (Å²) in [6.45, 7) is 2.27. The van der Waals surface area contributed by atoms with E-state index in [0.29, 0.717) is 13.0 Å². The predicted molar refractivity (Wildman–Crippen MR) is 73.4 cm³/mol. The molecule has 0 saturated heterocycles. The molecule has 1 aromatic rings. The number of nitrogens with two attached hydrogens (primary N) is 1. The number of nitrogens with one attached hydrogen (secondary N) is 1. The monoisotopic (exact) mass is 266 g/mol. The van der Waals surface area contributed by atoms with Gasteiger partial charge in [0.25, 0.3) is 0 Å². The Morgan fingerprint density at radius 1 is 1.26 bits per heavy atom. The quantitative estimate of drug-likeness (QED) is 0.716. The van der Waals surface area contributed by atoms with E-state index in [1.165, 1.54) is 0 Å². The summed E-state index contributed by atoms with van der Waals surface area (Å²) in [5, 5.41) is 2.85. The molecule has 1 aromatic carbocycles. The molecule has 1 rings (SSSR count). The number of hydrogen-bond donors (Lipinski definition) is 2. The average molecular weight is 266 g/mol. The van der Waals surface area contributed by atoms with Gasteiger partial charge >= 0.3 is 0 Å². The fraction of sp³-hybridized carbons (Fsp3) is 0.500. The zero-order chi connectivity index (χ0) is 14.3. The van der Waals surface area contributed by atoms with Gasteiger partial charge in [-0.15, -0.1) is 0 Å². The number of carbonyl (C=O) groups excluding carboxylic acids is 1. The van der Waals surface area contributed by atoms with Crippen LogP contribution in [0.25, 0.3) is 0 Å². The molecule has 1 atom stereocenters. The van der Waals surface area contributed by atoms with E-state index in [1.807, 2.05) is 31.2 Å². The smallest absolute Gasteiger partial charge is 0.224 e. The summed E-state index contributed by atoms with van der Waals surface area (Å²) < 4.78 is 10.2. The minimum atomic E-state index is -0.450. The van der Waals surface area contributed by atoms with Gasteiger partial charge in [0.15, 0.2) is 6.29 Å². The van der Waals surface area contributed by atoms with Crippen molar-refractivity contribution in [2.45, 2.75) is 32.2 Å². The highest BCUT2D eigenvalue weighted by Crippen LogP contribution is 2.09. The van der Waals surface area contributed by atoms with Gasteiger partial charge in [-0.05, 0) is 18.1 Å². The fourth-order valence-electron chi connectivity index (χ4n) is 1.98. The Morgan fingerprint density at radius 2 is 1.84 bits per heavy atom. The van der Waals surface area contributed by atoms with Crippen LogP contribution in [0.5, 0.6) is 0 Å². The Balaban J connectivity index is 2.60. The third kappa shape index (κ3) is 4.63. The van der Waals surface area contributed by atoms with Crippen LogP contribution in [0.15, 0.2) is 24.3 Å². The highest BCUT2D eigenvalue weighted by Gasteiger charge is 2.18. The molecule has 0 bridgehead atoms. The van der Waals surface area contributed by atoms with Crippen molar-refractivity contribution in [3.8, 4) is 0 Å². The van der Waals surface area contributed by atoms with Crippen molar-refractivity contribution in [3.63, 3.8) is 0 Å². The van der Waals surface area contributed by atoms with E-state index in [9.17, 15) is 4.79 Å². The molecular weight excluding hydrogens is 244 g/mol. The second-order valence-electron chi connectivity index (χ2n) is 4.35. The van der Waals surface area contributed by atoms with Crippen LogP contribution in [0.4, 0.5) is 0 Å². The maximum absolute atomic E-state index is 12.0. The van der Waals surface area contributed by atoms with Gasteiger partial charge in [-0.3, -0.25) is 4.79 Å². The molecule has 5 heteroatoms. The summed E-state index contributed by atoms with van der Waals surface area (Å²) >= 11 is 0. The van der Waals surface area contributed by atoms with Crippen molar-refractivity contribution < 1.29 is 14.3 Å². The maximum atomic E-state index is 12.0. The van der Waals surface area contributed by atoms with Crippen LogP contribution in [0.2, 0.25) is 0 Å². The number of rotatable bonds is 7. The molecule has 5 nitrogen and oxygen atoms in total. The summed E-state index contributed by atoms with van der Waals surface area (Å²) in [5.41, 5.74) is 7.58. The Bertz CT molecular complexity index is 405. The molecule has 0 radical (unpaired) electrons. The normalized spacial score (nSPS) is 12.5. The SMILES string of the molecule is COC(OC)C(C)NC(=O)Cc1ccccc1CN. The third-order valence-electron chi connectivity index (χ3n) is 2.95. The summed E-state index contributed by atoms with van der Waals surface area (Å²) in [7, 11) is 3.08. The van der Waals surface area contributed by atoms with E-state index >= 15 is 0 Å². The lowest BCUT2D eigenvalue weighted by Gasteiger charge is -2.22. The molecule has 0 aliphatic carbocycles. The third-order valence-corrected chi connectivity index (χ3v) is 2.95. The van der Waals surface area contributed by atoms with Crippen LogP contribution in [-0.4, -0.2) is 32.5 Å². The first kappa shape index (κ1) is 15.6. The fourth-order valence-corrected chi connectivity index (χ4v) is 1.98. The van der Waals surface area contributed by atoms with Crippen molar-refractivity contribution in [2.24, 2.45) is 5.73 Å². The predicted octanol–water partition coefficient (Wildman–Crippen LogP) is 0.811. The van der Waals surface area contributed by atoms with Crippen LogP contribution >= 0.6 is 0 Å². The Hall–Kier alpha value is -1.43. The van der Waals surface area contributed by atoms with E-state index < -0.39 is 6.29 Å². The molecule has 106 valence electrons. The minimum Gasteiger partial charge on any atom is -0.354 e. The van der Waals surface area contributed by atoms with Gasteiger partial charge in [0.05, 0.1) is 12.5 Å². The number of ether oxygens (including phenoxy) is 2. The van der Waals surface area contributed by atoms with E-state index in [1.54, 1.807) is 14.2 Å². The van der Waals surface area contributed by atoms with E-state index in [4.69, 9.17) is 15.2 Å². The van der Waals surface area contributed by atoms with Crippen molar-refractivity contribution in [1.29, 1.82) is 0 Å². The van der Waals surface area contributed by atoms with Crippen LogP contribution < -0.4 is 11.1 Å².